The first-order valence-electron chi connectivity index (χ1n) is 9.86. The number of hydrogen-bond donors (Lipinski definition) is 2. The zero-order chi connectivity index (χ0) is 23.0. The summed E-state index contributed by atoms with van der Waals surface area (Å²) in [5.41, 5.74) is 3.90. The van der Waals surface area contributed by atoms with Crippen molar-refractivity contribution in [2.24, 2.45) is 7.05 Å². The second-order valence-electron chi connectivity index (χ2n) is 7.57. The average Bonchev–Trinajstić information content (AvgIpc) is 3.19. The van der Waals surface area contributed by atoms with Crippen LogP contribution in [0.2, 0.25) is 0 Å². The van der Waals surface area contributed by atoms with Crippen molar-refractivity contribution >= 4 is 28.5 Å². The smallest absolute Gasteiger partial charge is 0.326 e. The van der Waals surface area contributed by atoms with Gasteiger partial charge >= 0.3 is 6.03 Å². The number of nitrogens with zero attached hydrogens (tertiary/aromatic N) is 3. The van der Waals surface area contributed by atoms with Gasteiger partial charge in [-0.25, -0.2) is 4.79 Å². The van der Waals surface area contributed by atoms with E-state index in [1.165, 1.54) is 6.07 Å². The predicted octanol–water partition coefficient (Wildman–Crippen LogP) is 3.48. The number of aryl methyl sites for hydroxylation is 4. The summed E-state index contributed by atoms with van der Waals surface area (Å²) in [7, 11) is 1.72. The molecule has 9 nitrogen and oxygen atoms in total. The van der Waals surface area contributed by atoms with Gasteiger partial charge in [0.05, 0.1) is 5.52 Å². The number of carbonyl (C=O) groups is 2. The SMILES string of the molecule is Cc1cc2c(cn1)cc(-c1cc(NC(=O)NC(=O)c3cc(C)on3)ccc1C)c(=O)n2C. The Kier molecular flexibility index (Phi) is 5.31. The quantitative estimate of drug-likeness (QED) is 0.513. The van der Waals surface area contributed by atoms with Gasteiger partial charge in [0.2, 0.25) is 0 Å². The summed E-state index contributed by atoms with van der Waals surface area (Å²) in [4.78, 5) is 41.8. The number of benzene rings is 1. The molecule has 2 N–H and O–H groups in total. The number of nitrogens with one attached hydrogen (secondary N) is 2. The number of urea groups is 1. The highest BCUT2D eigenvalue weighted by Gasteiger charge is 2.16. The molecule has 0 bridgehead atoms. The van der Waals surface area contributed by atoms with Crippen LogP contribution in [-0.4, -0.2) is 26.6 Å². The van der Waals surface area contributed by atoms with Gasteiger partial charge in [-0.15, -0.1) is 0 Å². The van der Waals surface area contributed by atoms with E-state index >= 15 is 0 Å². The number of rotatable bonds is 3. The van der Waals surface area contributed by atoms with Gasteiger partial charge in [-0.2, -0.15) is 0 Å². The molecular formula is C23H21N5O4. The summed E-state index contributed by atoms with van der Waals surface area (Å²) in [6.07, 6.45) is 1.73. The Morgan fingerprint density at radius 3 is 2.53 bits per heavy atom. The Bertz CT molecular complexity index is 1430. The lowest BCUT2D eigenvalue weighted by atomic mass is 9.99. The second-order valence-corrected chi connectivity index (χ2v) is 7.57. The third kappa shape index (κ3) is 4.00. The Balaban J connectivity index is 1.64. The Morgan fingerprint density at radius 1 is 1.03 bits per heavy atom. The molecule has 0 atom stereocenters. The molecule has 162 valence electrons. The van der Waals surface area contributed by atoms with Gasteiger partial charge in [-0.05, 0) is 56.2 Å². The van der Waals surface area contributed by atoms with Crippen molar-refractivity contribution in [3.05, 3.63) is 75.7 Å². The summed E-state index contributed by atoms with van der Waals surface area (Å²) in [6.45, 7) is 5.40. The van der Waals surface area contributed by atoms with E-state index in [0.29, 0.717) is 22.6 Å². The number of amides is 3. The third-order valence-electron chi connectivity index (χ3n) is 5.12. The van der Waals surface area contributed by atoms with Gasteiger partial charge in [-0.1, -0.05) is 11.2 Å². The summed E-state index contributed by atoms with van der Waals surface area (Å²) in [5.74, 6) is -0.223. The number of carbonyl (C=O) groups excluding carboxylic acids is 2. The van der Waals surface area contributed by atoms with Crippen LogP contribution in [0, 0.1) is 20.8 Å². The minimum atomic E-state index is -0.725. The molecule has 0 spiro atoms. The van der Waals surface area contributed by atoms with Crippen LogP contribution in [0.5, 0.6) is 0 Å². The fourth-order valence-corrected chi connectivity index (χ4v) is 3.45. The van der Waals surface area contributed by atoms with Crippen molar-refractivity contribution < 1.29 is 14.1 Å². The molecule has 3 amide bonds. The highest BCUT2D eigenvalue weighted by Crippen LogP contribution is 2.26. The zero-order valence-corrected chi connectivity index (χ0v) is 18.0. The normalized spacial score (nSPS) is 10.9. The van der Waals surface area contributed by atoms with E-state index in [2.05, 4.69) is 20.8 Å². The van der Waals surface area contributed by atoms with E-state index in [1.807, 2.05) is 19.9 Å². The van der Waals surface area contributed by atoms with Crippen molar-refractivity contribution in [3.8, 4) is 11.1 Å². The molecule has 0 aliphatic carbocycles. The third-order valence-corrected chi connectivity index (χ3v) is 5.12. The lowest BCUT2D eigenvalue weighted by molar-refractivity contribution is 0.0958. The van der Waals surface area contributed by atoms with Crippen LogP contribution in [0.1, 0.15) is 27.5 Å². The zero-order valence-electron chi connectivity index (χ0n) is 18.0. The van der Waals surface area contributed by atoms with Crippen molar-refractivity contribution in [2.45, 2.75) is 20.8 Å². The first kappa shape index (κ1) is 21.0. The van der Waals surface area contributed by atoms with Crippen LogP contribution in [0.4, 0.5) is 10.5 Å². The van der Waals surface area contributed by atoms with Gasteiger partial charge in [0.25, 0.3) is 11.5 Å². The maximum atomic E-state index is 13.1. The predicted molar refractivity (Wildman–Crippen MR) is 120 cm³/mol. The molecule has 0 saturated carbocycles. The van der Waals surface area contributed by atoms with E-state index in [4.69, 9.17) is 4.52 Å². The lowest BCUT2D eigenvalue weighted by Crippen LogP contribution is -2.34. The van der Waals surface area contributed by atoms with Crippen LogP contribution in [-0.2, 0) is 7.05 Å². The Labute approximate surface area is 183 Å². The minimum absolute atomic E-state index is 0.00533. The molecule has 32 heavy (non-hydrogen) atoms. The van der Waals surface area contributed by atoms with Gasteiger partial charge in [-0.3, -0.25) is 19.9 Å². The first-order valence-corrected chi connectivity index (χ1v) is 9.86. The summed E-state index contributed by atoms with van der Waals surface area (Å²) >= 11 is 0. The van der Waals surface area contributed by atoms with Crippen LogP contribution in [0.15, 0.2) is 51.9 Å². The molecule has 0 radical (unpaired) electrons. The molecule has 1 aromatic carbocycles. The molecular weight excluding hydrogens is 410 g/mol. The number of hydrogen-bond acceptors (Lipinski definition) is 6. The van der Waals surface area contributed by atoms with E-state index in [0.717, 1.165) is 22.2 Å². The van der Waals surface area contributed by atoms with Crippen molar-refractivity contribution in [1.29, 1.82) is 0 Å². The number of aromatic nitrogens is 3. The number of pyridine rings is 2. The summed E-state index contributed by atoms with van der Waals surface area (Å²) < 4.78 is 6.43. The molecule has 3 aromatic heterocycles. The highest BCUT2D eigenvalue weighted by molar-refractivity contribution is 6.07. The molecule has 0 fully saturated rings. The molecule has 0 unspecified atom stereocenters. The van der Waals surface area contributed by atoms with Crippen LogP contribution >= 0.6 is 0 Å². The standard InChI is InChI=1S/C23H21N5O4/c1-12-5-6-16(25-23(31)26-21(29)19-8-14(3)32-27-19)10-17(12)18-9-15-11-24-13(2)7-20(15)28(4)22(18)30/h5-11H,1-4H3,(H2,25,26,29,31). The van der Waals surface area contributed by atoms with Crippen LogP contribution in [0.25, 0.3) is 22.0 Å². The molecule has 4 aromatic rings. The molecule has 4 rings (SSSR count). The minimum Gasteiger partial charge on any atom is -0.361 e. The fourth-order valence-electron chi connectivity index (χ4n) is 3.45. The van der Waals surface area contributed by atoms with E-state index < -0.39 is 11.9 Å². The maximum absolute atomic E-state index is 13.1. The molecule has 0 aliphatic heterocycles. The number of imide groups is 1. The topological polar surface area (TPSA) is 119 Å². The van der Waals surface area contributed by atoms with Gasteiger partial charge in [0, 0.05) is 41.6 Å². The molecule has 0 aliphatic rings. The Morgan fingerprint density at radius 2 is 1.81 bits per heavy atom. The van der Waals surface area contributed by atoms with Crippen molar-refractivity contribution in [2.75, 3.05) is 5.32 Å². The van der Waals surface area contributed by atoms with Crippen molar-refractivity contribution in [1.82, 2.24) is 20.0 Å². The molecule has 3 heterocycles. The second kappa shape index (κ2) is 8.10. The van der Waals surface area contributed by atoms with Crippen LogP contribution in [0.3, 0.4) is 0 Å². The van der Waals surface area contributed by atoms with E-state index in [9.17, 15) is 14.4 Å². The number of fused-ring (bicyclic) bond motifs is 1. The highest BCUT2D eigenvalue weighted by atomic mass is 16.5. The van der Waals surface area contributed by atoms with Crippen LogP contribution < -0.4 is 16.2 Å². The maximum Gasteiger partial charge on any atom is 0.326 e. The van der Waals surface area contributed by atoms with E-state index in [-0.39, 0.29) is 11.3 Å². The monoisotopic (exact) mass is 431 g/mol. The first-order chi connectivity index (χ1) is 15.2. The summed E-state index contributed by atoms with van der Waals surface area (Å²) in [5, 5.41) is 9.22. The lowest BCUT2D eigenvalue weighted by Gasteiger charge is -2.13. The van der Waals surface area contributed by atoms with Gasteiger partial charge in [0.15, 0.2) is 5.69 Å². The van der Waals surface area contributed by atoms with Gasteiger partial charge in [0.1, 0.15) is 5.76 Å². The molecule has 0 saturated heterocycles. The Hall–Kier alpha value is -4.27. The van der Waals surface area contributed by atoms with Crippen molar-refractivity contribution in [3.63, 3.8) is 0 Å². The average molecular weight is 431 g/mol. The summed E-state index contributed by atoms with van der Waals surface area (Å²) in [6, 6.07) is 9.55. The molecule has 9 heteroatoms. The fraction of sp³-hybridized carbons (Fsp3) is 0.174. The van der Waals surface area contributed by atoms with E-state index in [1.54, 1.807) is 49.0 Å². The number of anilines is 1. The van der Waals surface area contributed by atoms with Gasteiger partial charge < -0.3 is 14.4 Å². The largest absolute Gasteiger partial charge is 0.361 e.